The Morgan fingerprint density at radius 1 is 1.23 bits per heavy atom. The van der Waals surface area contributed by atoms with Crippen LogP contribution in [0, 0.1) is 6.92 Å². The minimum atomic E-state index is -0.0713. The van der Waals surface area contributed by atoms with Crippen LogP contribution in [0.15, 0.2) is 53.3 Å². The highest BCUT2D eigenvalue weighted by Gasteiger charge is 2.34. The maximum atomic E-state index is 13.4. The van der Waals surface area contributed by atoms with Crippen molar-refractivity contribution in [3.63, 3.8) is 0 Å². The van der Waals surface area contributed by atoms with Crippen molar-refractivity contribution >= 4 is 17.5 Å². The fourth-order valence-corrected chi connectivity index (χ4v) is 3.77. The van der Waals surface area contributed by atoms with Gasteiger partial charge in [0.25, 0.3) is 5.91 Å². The highest BCUT2D eigenvalue weighted by Crippen LogP contribution is 2.36. The Morgan fingerprint density at radius 2 is 2.00 bits per heavy atom. The Labute approximate surface area is 156 Å². The van der Waals surface area contributed by atoms with Crippen molar-refractivity contribution in [1.29, 1.82) is 0 Å². The molecule has 2 aromatic heterocycles. The van der Waals surface area contributed by atoms with Gasteiger partial charge in [-0.15, -0.1) is 0 Å². The van der Waals surface area contributed by atoms with Gasteiger partial charge in [-0.25, -0.2) is 0 Å². The summed E-state index contributed by atoms with van der Waals surface area (Å²) in [5.41, 5.74) is 2.78. The van der Waals surface area contributed by atoms with Gasteiger partial charge in [0.2, 0.25) is 0 Å². The molecule has 1 amide bonds. The largest absolute Gasteiger partial charge is 0.360 e. The average molecular weight is 368 g/mol. The summed E-state index contributed by atoms with van der Waals surface area (Å²) < 4.78 is 5.36. The second-order valence-electron chi connectivity index (χ2n) is 6.38. The third-order valence-corrected chi connectivity index (χ3v) is 5.14. The van der Waals surface area contributed by atoms with Gasteiger partial charge >= 0.3 is 0 Å². The summed E-state index contributed by atoms with van der Waals surface area (Å²) in [4.78, 5) is 19.4. The zero-order valence-corrected chi connectivity index (χ0v) is 15.1. The molecule has 0 aliphatic carbocycles. The molecule has 4 rings (SSSR count). The molecule has 26 heavy (non-hydrogen) atoms. The van der Waals surface area contributed by atoms with E-state index in [9.17, 15) is 4.79 Å². The van der Waals surface area contributed by atoms with Crippen LogP contribution in [0.1, 0.15) is 40.6 Å². The van der Waals surface area contributed by atoms with Crippen molar-refractivity contribution in [3.05, 3.63) is 70.7 Å². The van der Waals surface area contributed by atoms with Gasteiger partial charge in [0.1, 0.15) is 17.0 Å². The molecule has 0 bridgehead atoms. The molecule has 1 aromatic carbocycles. The van der Waals surface area contributed by atoms with Crippen molar-refractivity contribution in [3.8, 4) is 11.3 Å². The fourth-order valence-electron chi connectivity index (χ4n) is 3.55. The van der Waals surface area contributed by atoms with Gasteiger partial charge in [0.15, 0.2) is 0 Å². The van der Waals surface area contributed by atoms with E-state index in [1.807, 2.05) is 35.2 Å². The van der Waals surface area contributed by atoms with E-state index in [1.54, 1.807) is 25.4 Å². The summed E-state index contributed by atoms with van der Waals surface area (Å²) >= 11 is 6.32. The van der Waals surface area contributed by atoms with Gasteiger partial charge in [0, 0.05) is 24.5 Å². The summed E-state index contributed by atoms with van der Waals surface area (Å²) in [7, 11) is 0. The first-order valence-corrected chi connectivity index (χ1v) is 8.96. The van der Waals surface area contributed by atoms with Gasteiger partial charge in [-0.2, -0.15) is 0 Å². The van der Waals surface area contributed by atoms with Gasteiger partial charge in [-0.1, -0.05) is 35.0 Å². The second kappa shape index (κ2) is 6.92. The van der Waals surface area contributed by atoms with Crippen LogP contribution in [0.25, 0.3) is 11.3 Å². The molecular weight excluding hydrogens is 350 g/mol. The first-order chi connectivity index (χ1) is 12.7. The minimum Gasteiger partial charge on any atom is -0.360 e. The number of carbonyl (C=O) groups is 1. The molecule has 1 atom stereocenters. The number of rotatable bonds is 3. The number of hydrogen-bond donors (Lipinski definition) is 0. The molecule has 0 N–H and O–H groups in total. The lowest BCUT2D eigenvalue weighted by Gasteiger charge is -2.25. The van der Waals surface area contributed by atoms with Crippen LogP contribution < -0.4 is 0 Å². The number of aromatic nitrogens is 2. The van der Waals surface area contributed by atoms with Crippen molar-refractivity contribution in [1.82, 2.24) is 15.0 Å². The molecular formula is C20H18ClN3O2. The van der Waals surface area contributed by atoms with Crippen LogP contribution in [0.5, 0.6) is 0 Å². The molecule has 132 valence electrons. The summed E-state index contributed by atoms with van der Waals surface area (Å²) in [5.74, 6) is 0.434. The smallest absolute Gasteiger partial charge is 0.260 e. The van der Waals surface area contributed by atoms with Crippen LogP contribution in [0.2, 0.25) is 5.02 Å². The van der Waals surface area contributed by atoms with Gasteiger partial charge in [0.05, 0.1) is 11.1 Å². The summed E-state index contributed by atoms with van der Waals surface area (Å²) in [6.07, 6.45) is 5.41. The Balaban J connectivity index is 1.73. The standard InChI is InChI=1S/C20H18ClN3O2/c1-13-18(19(23-26-13)15-5-2-3-6-16(15)21)20(25)24-12-4-7-17(24)14-8-10-22-11-9-14/h2-3,5-6,8-11,17H,4,7,12H2,1H3. The van der Waals surface area contributed by atoms with Gasteiger partial charge < -0.3 is 9.42 Å². The number of nitrogens with zero attached hydrogens (tertiary/aromatic N) is 3. The normalized spacial score (nSPS) is 16.8. The zero-order chi connectivity index (χ0) is 18.1. The number of amides is 1. The monoisotopic (exact) mass is 367 g/mol. The Kier molecular flexibility index (Phi) is 4.47. The highest BCUT2D eigenvalue weighted by molar-refractivity contribution is 6.33. The van der Waals surface area contributed by atoms with E-state index in [4.69, 9.17) is 16.1 Å². The molecule has 1 unspecified atom stereocenters. The average Bonchev–Trinajstić information content (AvgIpc) is 3.29. The minimum absolute atomic E-state index is 0.0406. The number of aryl methyl sites for hydroxylation is 1. The first-order valence-electron chi connectivity index (χ1n) is 8.59. The van der Waals surface area contributed by atoms with E-state index < -0.39 is 0 Å². The predicted molar refractivity (Wildman–Crippen MR) is 98.9 cm³/mol. The Hall–Kier alpha value is -2.66. The number of likely N-dealkylation sites (tertiary alicyclic amines) is 1. The van der Waals surface area contributed by atoms with E-state index >= 15 is 0 Å². The fraction of sp³-hybridized carbons (Fsp3) is 0.250. The number of carbonyl (C=O) groups excluding carboxylic acids is 1. The molecule has 1 fully saturated rings. The molecule has 1 aliphatic rings. The Morgan fingerprint density at radius 3 is 2.77 bits per heavy atom. The number of pyridine rings is 1. The quantitative estimate of drug-likeness (QED) is 0.674. The van der Waals surface area contributed by atoms with Crippen LogP contribution in [-0.4, -0.2) is 27.5 Å². The van der Waals surface area contributed by atoms with E-state index in [0.717, 1.165) is 18.4 Å². The predicted octanol–water partition coefficient (Wildman–Crippen LogP) is 4.68. The van der Waals surface area contributed by atoms with E-state index in [-0.39, 0.29) is 11.9 Å². The van der Waals surface area contributed by atoms with Crippen LogP contribution >= 0.6 is 11.6 Å². The van der Waals surface area contributed by atoms with Crippen molar-refractivity contribution in [2.75, 3.05) is 6.54 Å². The maximum Gasteiger partial charge on any atom is 0.260 e. The van der Waals surface area contributed by atoms with Gasteiger partial charge in [-0.05, 0) is 43.5 Å². The molecule has 3 heterocycles. The van der Waals surface area contributed by atoms with E-state index in [1.165, 1.54) is 0 Å². The zero-order valence-electron chi connectivity index (χ0n) is 14.4. The molecule has 5 nitrogen and oxygen atoms in total. The lowest BCUT2D eigenvalue weighted by Crippen LogP contribution is -2.31. The second-order valence-corrected chi connectivity index (χ2v) is 6.79. The molecule has 0 spiro atoms. The first kappa shape index (κ1) is 16.8. The van der Waals surface area contributed by atoms with E-state index in [2.05, 4.69) is 10.1 Å². The lowest BCUT2D eigenvalue weighted by atomic mass is 10.0. The Bertz CT molecular complexity index is 939. The number of hydrogen-bond acceptors (Lipinski definition) is 4. The molecule has 0 radical (unpaired) electrons. The molecule has 6 heteroatoms. The third kappa shape index (κ3) is 2.88. The molecule has 1 aliphatic heterocycles. The summed E-state index contributed by atoms with van der Waals surface area (Å²) in [6.45, 7) is 2.47. The lowest BCUT2D eigenvalue weighted by molar-refractivity contribution is 0.0734. The van der Waals surface area contributed by atoms with Crippen molar-refractivity contribution < 1.29 is 9.32 Å². The molecule has 1 saturated heterocycles. The van der Waals surface area contributed by atoms with Crippen LogP contribution in [0.4, 0.5) is 0 Å². The van der Waals surface area contributed by atoms with Crippen molar-refractivity contribution in [2.45, 2.75) is 25.8 Å². The van der Waals surface area contributed by atoms with Crippen LogP contribution in [-0.2, 0) is 0 Å². The maximum absolute atomic E-state index is 13.4. The SMILES string of the molecule is Cc1onc(-c2ccccc2Cl)c1C(=O)N1CCCC1c1ccncc1. The summed E-state index contributed by atoms with van der Waals surface area (Å²) in [5, 5.41) is 4.66. The molecule has 0 saturated carbocycles. The number of benzene rings is 1. The third-order valence-electron chi connectivity index (χ3n) is 4.81. The highest BCUT2D eigenvalue weighted by atomic mass is 35.5. The number of halogens is 1. The summed E-state index contributed by atoms with van der Waals surface area (Å²) in [6, 6.07) is 11.3. The van der Waals surface area contributed by atoms with Gasteiger partial charge in [-0.3, -0.25) is 9.78 Å². The topological polar surface area (TPSA) is 59.2 Å². The van der Waals surface area contributed by atoms with E-state index in [0.29, 0.717) is 34.1 Å². The van der Waals surface area contributed by atoms with Crippen molar-refractivity contribution in [2.24, 2.45) is 0 Å². The molecule has 3 aromatic rings. The van der Waals surface area contributed by atoms with Crippen LogP contribution in [0.3, 0.4) is 0 Å².